The Labute approximate surface area is 63.3 Å². The van der Waals surface area contributed by atoms with Crippen LogP contribution in [0.5, 0.6) is 0 Å². The molecule has 6 nitrogen and oxygen atoms in total. The Bertz CT molecular complexity index is 159. The third kappa shape index (κ3) is 4.15. The average molecular weight is 162 g/mol. The smallest absolute Gasteiger partial charge is 0.354 e. The molecule has 0 fully saturated rings. The van der Waals surface area contributed by atoms with Gasteiger partial charge in [-0.1, -0.05) is 0 Å². The number of carboxylic acid groups (broad SMARTS) is 1. The highest BCUT2D eigenvalue weighted by Gasteiger charge is 2.17. The number of urea groups is 1. The molecule has 0 aromatic carbocycles. The highest BCUT2D eigenvalue weighted by Crippen LogP contribution is 1.86. The molecule has 0 heterocycles. The number of aliphatic carboxylic acids is 1. The first-order valence-corrected chi connectivity index (χ1v) is 2.98. The molecule has 0 aromatic heterocycles. The molecule has 0 aliphatic rings. The van der Waals surface area contributed by atoms with E-state index >= 15 is 0 Å². The van der Waals surface area contributed by atoms with Crippen molar-refractivity contribution >= 4 is 12.0 Å². The molecule has 0 bridgehead atoms. The molecule has 0 radical (unpaired) electrons. The molecule has 1 unspecified atom stereocenters. The van der Waals surface area contributed by atoms with Crippen molar-refractivity contribution in [1.82, 2.24) is 5.32 Å². The summed E-state index contributed by atoms with van der Waals surface area (Å²) in [4.78, 5) is 20.4. The zero-order valence-corrected chi connectivity index (χ0v) is 6.03. The number of primary amides is 1. The molecule has 0 aliphatic heterocycles. The Kier molecular flexibility index (Phi) is 3.97. The van der Waals surface area contributed by atoms with Gasteiger partial charge in [0.25, 0.3) is 0 Å². The van der Waals surface area contributed by atoms with E-state index in [1.54, 1.807) is 6.92 Å². The zero-order chi connectivity index (χ0) is 8.85. The van der Waals surface area contributed by atoms with E-state index < -0.39 is 18.2 Å². The minimum atomic E-state index is -1.35. The van der Waals surface area contributed by atoms with Gasteiger partial charge in [0.2, 0.25) is 6.23 Å². The maximum atomic E-state index is 10.2. The summed E-state index contributed by atoms with van der Waals surface area (Å²) in [6, 6.07) is -0.925. The lowest BCUT2D eigenvalue weighted by atomic mass is 10.5. The quantitative estimate of drug-likeness (QED) is 0.466. The van der Waals surface area contributed by atoms with Crippen LogP contribution in [-0.4, -0.2) is 29.9 Å². The monoisotopic (exact) mass is 162 g/mol. The van der Waals surface area contributed by atoms with Crippen LogP contribution in [0.1, 0.15) is 6.92 Å². The molecule has 0 saturated carbocycles. The predicted molar refractivity (Wildman–Crippen MR) is 35.8 cm³/mol. The third-order valence-corrected chi connectivity index (χ3v) is 0.831. The van der Waals surface area contributed by atoms with Crippen molar-refractivity contribution < 1.29 is 19.4 Å². The average Bonchev–Trinajstić information content (AvgIpc) is 1.86. The summed E-state index contributed by atoms with van der Waals surface area (Å²) in [5.41, 5.74) is 4.67. The molecule has 4 N–H and O–H groups in total. The Hall–Kier alpha value is -1.30. The van der Waals surface area contributed by atoms with Gasteiger partial charge in [0.1, 0.15) is 0 Å². The molecule has 64 valence electrons. The van der Waals surface area contributed by atoms with Crippen molar-refractivity contribution in [2.75, 3.05) is 6.61 Å². The van der Waals surface area contributed by atoms with Crippen LogP contribution >= 0.6 is 0 Å². The minimum Gasteiger partial charge on any atom is -0.478 e. The number of nitrogens with two attached hydrogens (primary N) is 1. The van der Waals surface area contributed by atoms with Gasteiger partial charge in [0.05, 0.1) is 0 Å². The first kappa shape index (κ1) is 9.70. The van der Waals surface area contributed by atoms with Gasteiger partial charge in [-0.2, -0.15) is 0 Å². The van der Waals surface area contributed by atoms with Crippen molar-refractivity contribution in [3.63, 3.8) is 0 Å². The van der Waals surface area contributed by atoms with Crippen molar-refractivity contribution in [3.8, 4) is 0 Å². The summed E-state index contributed by atoms with van der Waals surface area (Å²) in [5.74, 6) is -1.27. The van der Waals surface area contributed by atoms with E-state index in [1.807, 2.05) is 5.32 Å². The number of hydrogen-bond acceptors (Lipinski definition) is 3. The summed E-state index contributed by atoms with van der Waals surface area (Å²) in [5, 5.41) is 10.3. The lowest BCUT2D eigenvalue weighted by molar-refractivity contribution is -0.151. The topological polar surface area (TPSA) is 102 Å². The molecular formula is C5H10N2O4. The zero-order valence-electron chi connectivity index (χ0n) is 6.03. The van der Waals surface area contributed by atoms with Gasteiger partial charge in [-0.3, -0.25) is 0 Å². The lowest BCUT2D eigenvalue weighted by Crippen LogP contribution is -2.45. The number of carbonyl (C=O) groups excluding carboxylic acids is 1. The van der Waals surface area contributed by atoms with Crippen LogP contribution < -0.4 is 11.1 Å². The highest BCUT2D eigenvalue weighted by atomic mass is 16.5. The van der Waals surface area contributed by atoms with Gasteiger partial charge < -0.3 is 20.9 Å². The normalized spacial score (nSPS) is 12.1. The number of hydrogen-bond donors (Lipinski definition) is 3. The van der Waals surface area contributed by atoms with Crippen LogP contribution in [0, 0.1) is 0 Å². The molecule has 0 aliphatic carbocycles. The predicted octanol–water partition coefficient (Wildman–Crippen LogP) is -0.898. The number of rotatable bonds is 4. The Morgan fingerprint density at radius 3 is 2.55 bits per heavy atom. The second-order valence-corrected chi connectivity index (χ2v) is 1.68. The van der Waals surface area contributed by atoms with Crippen LogP contribution in [0.25, 0.3) is 0 Å². The van der Waals surface area contributed by atoms with Gasteiger partial charge in [0, 0.05) is 6.61 Å². The SMILES string of the molecule is CCOC(NC(N)=O)C(=O)O. The van der Waals surface area contributed by atoms with E-state index in [4.69, 9.17) is 5.11 Å². The van der Waals surface area contributed by atoms with Crippen LogP contribution in [0.2, 0.25) is 0 Å². The minimum absolute atomic E-state index is 0.192. The maximum absolute atomic E-state index is 10.2. The third-order valence-electron chi connectivity index (χ3n) is 0.831. The Balaban J connectivity index is 3.89. The first-order valence-electron chi connectivity index (χ1n) is 2.98. The van der Waals surface area contributed by atoms with Crippen LogP contribution in [0.4, 0.5) is 4.79 Å². The summed E-state index contributed by atoms with van der Waals surface area (Å²) < 4.78 is 4.60. The van der Waals surface area contributed by atoms with Crippen molar-refractivity contribution in [2.45, 2.75) is 13.2 Å². The van der Waals surface area contributed by atoms with Gasteiger partial charge in [0.15, 0.2) is 0 Å². The second kappa shape index (κ2) is 4.51. The maximum Gasteiger partial charge on any atom is 0.354 e. The number of ether oxygens (including phenoxy) is 1. The molecule has 0 aromatic rings. The van der Waals surface area contributed by atoms with Crippen molar-refractivity contribution in [2.24, 2.45) is 5.73 Å². The van der Waals surface area contributed by atoms with Crippen LogP contribution in [0.3, 0.4) is 0 Å². The van der Waals surface area contributed by atoms with Crippen molar-refractivity contribution in [3.05, 3.63) is 0 Å². The largest absolute Gasteiger partial charge is 0.478 e. The summed E-state index contributed by atoms with van der Waals surface area (Å²) in [6.07, 6.45) is -1.35. The highest BCUT2D eigenvalue weighted by molar-refractivity contribution is 5.80. The Morgan fingerprint density at radius 1 is 1.73 bits per heavy atom. The molecule has 6 heteroatoms. The summed E-state index contributed by atoms with van der Waals surface area (Å²) in [7, 11) is 0. The lowest BCUT2D eigenvalue weighted by Gasteiger charge is -2.11. The van der Waals surface area contributed by atoms with E-state index in [0.29, 0.717) is 0 Å². The molecule has 0 saturated heterocycles. The van der Waals surface area contributed by atoms with Crippen molar-refractivity contribution in [1.29, 1.82) is 0 Å². The number of carbonyl (C=O) groups is 2. The molecule has 1 atom stereocenters. The van der Waals surface area contributed by atoms with Gasteiger partial charge in [-0.05, 0) is 6.92 Å². The number of nitrogens with one attached hydrogen (secondary N) is 1. The fraction of sp³-hybridized carbons (Fsp3) is 0.600. The van der Waals surface area contributed by atoms with Crippen LogP contribution in [0.15, 0.2) is 0 Å². The van der Waals surface area contributed by atoms with E-state index in [1.165, 1.54) is 0 Å². The van der Waals surface area contributed by atoms with E-state index in [9.17, 15) is 9.59 Å². The second-order valence-electron chi connectivity index (χ2n) is 1.68. The number of carboxylic acids is 1. The molecule has 2 amide bonds. The van der Waals surface area contributed by atoms with Gasteiger partial charge in [-0.15, -0.1) is 0 Å². The first-order chi connectivity index (χ1) is 5.07. The fourth-order valence-electron chi connectivity index (χ4n) is 0.471. The van der Waals surface area contributed by atoms with E-state index in [-0.39, 0.29) is 6.61 Å². The van der Waals surface area contributed by atoms with Crippen LogP contribution in [-0.2, 0) is 9.53 Å². The molecule has 11 heavy (non-hydrogen) atoms. The van der Waals surface area contributed by atoms with Gasteiger partial charge >= 0.3 is 12.0 Å². The summed E-state index contributed by atoms with van der Waals surface area (Å²) >= 11 is 0. The molecule has 0 rings (SSSR count). The number of amides is 2. The standard InChI is InChI=1S/C5H10N2O4/c1-2-11-3(4(8)9)7-5(6)10/h3H,2H2,1H3,(H,8,9)(H3,6,7,10). The van der Waals surface area contributed by atoms with Gasteiger partial charge in [-0.25, -0.2) is 9.59 Å². The fourth-order valence-corrected chi connectivity index (χ4v) is 0.471. The Morgan fingerprint density at radius 2 is 2.27 bits per heavy atom. The van der Waals surface area contributed by atoms with E-state index in [2.05, 4.69) is 10.5 Å². The molecular weight excluding hydrogens is 152 g/mol. The van der Waals surface area contributed by atoms with E-state index in [0.717, 1.165) is 0 Å². The molecule has 0 spiro atoms. The summed E-state index contributed by atoms with van der Waals surface area (Å²) in [6.45, 7) is 1.80.